The number of hydrogen-bond acceptors (Lipinski definition) is 3. The van der Waals surface area contributed by atoms with Gasteiger partial charge in [0.25, 0.3) is 0 Å². The van der Waals surface area contributed by atoms with Crippen LogP contribution in [0.5, 0.6) is 0 Å². The maximum atomic E-state index is 12.1. The minimum Gasteiger partial charge on any atom is -0.299 e. The second-order valence-electron chi connectivity index (χ2n) is 4.45. The van der Waals surface area contributed by atoms with Gasteiger partial charge in [-0.1, -0.05) is 12.1 Å². The summed E-state index contributed by atoms with van der Waals surface area (Å²) in [4.78, 5) is 11.8. The number of Topliss-reactive ketones (excluding diaryl/α,β-unsaturated/α-hetero) is 1. The highest BCUT2D eigenvalue weighted by atomic mass is 32.2. The van der Waals surface area contributed by atoms with Crippen molar-refractivity contribution in [2.45, 2.75) is 31.6 Å². The largest absolute Gasteiger partial charge is 0.299 e. The summed E-state index contributed by atoms with van der Waals surface area (Å²) in [6.07, 6.45) is 2.36. The molecule has 1 aromatic rings. The quantitative estimate of drug-likeness (QED) is 0.744. The lowest BCUT2D eigenvalue weighted by atomic mass is 10.2. The monoisotopic (exact) mass is 266 g/mol. The van der Waals surface area contributed by atoms with E-state index in [1.165, 1.54) is 0 Å². The standard InChI is InChI=1S/C14H18O3S/c1-4-5-6-13(15)10-18(16,17)14-8-11(2)7-12(3)9-14/h4,7-9H,1,5-6,10H2,2-3H3. The number of hydrogen-bond donors (Lipinski definition) is 0. The zero-order valence-corrected chi connectivity index (χ0v) is 11.6. The van der Waals surface area contributed by atoms with Gasteiger partial charge in [-0.05, 0) is 43.5 Å². The van der Waals surface area contributed by atoms with Crippen LogP contribution >= 0.6 is 0 Å². The topological polar surface area (TPSA) is 51.2 Å². The molecular formula is C14H18O3S. The van der Waals surface area contributed by atoms with E-state index in [2.05, 4.69) is 6.58 Å². The summed E-state index contributed by atoms with van der Waals surface area (Å²) >= 11 is 0. The van der Waals surface area contributed by atoms with E-state index >= 15 is 0 Å². The van der Waals surface area contributed by atoms with E-state index in [4.69, 9.17) is 0 Å². The van der Waals surface area contributed by atoms with Crippen molar-refractivity contribution in [1.82, 2.24) is 0 Å². The minimum absolute atomic E-state index is 0.229. The molecular weight excluding hydrogens is 248 g/mol. The third-order valence-corrected chi connectivity index (χ3v) is 4.19. The Labute approximate surface area is 108 Å². The summed E-state index contributed by atoms with van der Waals surface area (Å²) in [6.45, 7) is 7.19. The Morgan fingerprint density at radius 2 is 1.78 bits per heavy atom. The van der Waals surface area contributed by atoms with Crippen LogP contribution in [0.3, 0.4) is 0 Å². The van der Waals surface area contributed by atoms with Crippen LogP contribution in [0.2, 0.25) is 0 Å². The number of ketones is 1. The second kappa shape index (κ2) is 5.96. The van der Waals surface area contributed by atoms with Crippen LogP contribution < -0.4 is 0 Å². The van der Waals surface area contributed by atoms with E-state index in [1.807, 2.05) is 19.9 Å². The van der Waals surface area contributed by atoms with Crippen molar-refractivity contribution >= 4 is 15.6 Å². The molecule has 0 aromatic heterocycles. The van der Waals surface area contributed by atoms with Crippen molar-refractivity contribution in [3.63, 3.8) is 0 Å². The molecule has 0 spiro atoms. The highest BCUT2D eigenvalue weighted by Gasteiger charge is 2.19. The zero-order valence-electron chi connectivity index (χ0n) is 10.8. The summed E-state index contributed by atoms with van der Waals surface area (Å²) in [6, 6.07) is 5.10. The number of carbonyl (C=O) groups excluding carboxylic acids is 1. The molecule has 1 rings (SSSR count). The van der Waals surface area contributed by atoms with Gasteiger partial charge < -0.3 is 0 Å². The fourth-order valence-electron chi connectivity index (χ4n) is 1.74. The number of allylic oxidation sites excluding steroid dienone is 1. The molecule has 98 valence electrons. The van der Waals surface area contributed by atoms with Crippen molar-refractivity contribution < 1.29 is 13.2 Å². The number of sulfone groups is 1. The molecule has 0 aliphatic carbocycles. The van der Waals surface area contributed by atoms with Crippen molar-refractivity contribution in [3.05, 3.63) is 42.0 Å². The Morgan fingerprint density at radius 1 is 1.22 bits per heavy atom. The van der Waals surface area contributed by atoms with E-state index in [1.54, 1.807) is 18.2 Å². The van der Waals surface area contributed by atoms with Gasteiger partial charge in [-0.15, -0.1) is 6.58 Å². The van der Waals surface area contributed by atoms with Gasteiger partial charge in [0.05, 0.1) is 4.90 Å². The van der Waals surface area contributed by atoms with Gasteiger partial charge in [0.15, 0.2) is 9.84 Å². The van der Waals surface area contributed by atoms with Gasteiger partial charge in [0.1, 0.15) is 11.5 Å². The summed E-state index contributed by atoms with van der Waals surface area (Å²) < 4.78 is 24.1. The third kappa shape index (κ3) is 4.11. The Balaban J connectivity index is 2.92. The second-order valence-corrected chi connectivity index (χ2v) is 6.44. The summed E-state index contributed by atoms with van der Waals surface area (Å²) in [7, 11) is -3.52. The molecule has 0 saturated carbocycles. The molecule has 0 unspecified atom stereocenters. The van der Waals surface area contributed by atoms with E-state index in [0.29, 0.717) is 6.42 Å². The normalized spacial score (nSPS) is 11.2. The van der Waals surface area contributed by atoms with Gasteiger partial charge in [-0.2, -0.15) is 0 Å². The molecule has 0 N–H and O–H groups in total. The van der Waals surface area contributed by atoms with E-state index in [0.717, 1.165) is 11.1 Å². The molecule has 0 bridgehead atoms. The minimum atomic E-state index is -3.52. The predicted octanol–water partition coefficient (Wildman–Crippen LogP) is 2.61. The summed E-state index contributed by atoms with van der Waals surface area (Å²) in [5.74, 6) is -0.696. The first kappa shape index (κ1) is 14.6. The number of aryl methyl sites for hydroxylation is 2. The maximum Gasteiger partial charge on any atom is 0.185 e. The van der Waals surface area contributed by atoms with Gasteiger partial charge in [0.2, 0.25) is 0 Å². The third-order valence-electron chi connectivity index (χ3n) is 2.53. The molecule has 0 aliphatic rings. The Hall–Kier alpha value is -1.42. The highest BCUT2D eigenvalue weighted by Crippen LogP contribution is 2.16. The molecule has 0 atom stereocenters. The van der Waals surface area contributed by atoms with Crippen LogP contribution in [0.4, 0.5) is 0 Å². The smallest absolute Gasteiger partial charge is 0.185 e. The van der Waals surface area contributed by atoms with Gasteiger partial charge >= 0.3 is 0 Å². The van der Waals surface area contributed by atoms with Crippen molar-refractivity contribution in [2.24, 2.45) is 0 Å². The molecule has 0 amide bonds. The Morgan fingerprint density at radius 3 is 2.28 bits per heavy atom. The first-order chi connectivity index (χ1) is 8.35. The van der Waals surface area contributed by atoms with E-state index in [9.17, 15) is 13.2 Å². The van der Waals surface area contributed by atoms with Crippen LogP contribution in [-0.4, -0.2) is 20.0 Å². The van der Waals surface area contributed by atoms with Crippen LogP contribution in [0, 0.1) is 13.8 Å². The van der Waals surface area contributed by atoms with Crippen LogP contribution in [0.15, 0.2) is 35.7 Å². The van der Waals surface area contributed by atoms with Crippen molar-refractivity contribution in [2.75, 3.05) is 5.75 Å². The summed E-state index contributed by atoms with van der Waals surface area (Å²) in [5, 5.41) is 0. The average molecular weight is 266 g/mol. The lowest BCUT2D eigenvalue weighted by Crippen LogP contribution is -2.16. The highest BCUT2D eigenvalue weighted by molar-refractivity contribution is 7.92. The molecule has 0 saturated heterocycles. The number of benzene rings is 1. The molecule has 4 heteroatoms. The Kier molecular flexibility index (Phi) is 4.84. The number of rotatable bonds is 6. The molecule has 0 heterocycles. The fraction of sp³-hybridized carbons (Fsp3) is 0.357. The van der Waals surface area contributed by atoms with E-state index in [-0.39, 0.29) is 17.1 Å². The molecule has 18 heavy (non-hydrogen) atoms. The molecule has 0 fully saturated rings. The van der Waals surface area contributed by atoms with Crippen LogP contribution in [0.25, 0.3) is 0 Å². The summed E-state index contributed by atoms with van der Waals surface area (Å²) in [5.41, 5.74) is 1.76. The SMILES string of the molecule is C=CCCC(=O)CS(=O)(=O)c1cc(C)cc(C)c1. The van der Waals surface area contributed by atoms with E-state index < -0.39 is 15.6 Å². The molecule has 1 aromatic carbocycles. The first-order valence-electron chi connectivity index (χ1n) is 5.79. The van der Waals surface area contributed by atoms with Crippen molar-refractivity contribution in [1.29, 1.82) is 0 Å². The number of carbonyl (C=O) groups is 1. The van der Waals surface area contributed by atoms with Crippen LogP contribution in [-0.2, 0) is 14.6 Å². The van der Waals surface area contributed by atoms with Crippen molar-refractivity contribution in [3.8, 4) is 0 Å². The molecule has 0 aliphatic heterocycles. The predicted molar refractivity (Wildman–Crippen MR) is 72.4 cm³/mol. The van der Waals surface area contributed by atoms with Gasteiger partial charge in [0, 0.05) is 6.42 Å². The van der Waals surface area contributed by atoms with Crippen LogP contribution in [0.1, 0.15) is 24.0 Å². The molecule has 0 radical (unpaired) electrons. The lowest BCUT2D eigenvalue weighted by molar-refractivity contribution is -0.116. The maximum absolute atomic E-state index is 12.1. The fourth-order valence-corrected chi connectivity index (χ4v) is 3.21. The zero-order chi connectivity index (χ0) is 13.8. The van der Waals surface area contributed by atoms with Gasteiger partial charge in [-0.25, -0.2) is 8.42 Å². The Bertz CT molecular complexity index is 536. The molecule has 3 nitrogen and oxygen atoms in total. The average Bonchev–Trinajstić information content (AvgIpc) is 2.24. The lowest BCUT2D eigenvalue weighted by Gasteiger charge is -2.06. The first-order valence-corrected chi connectivity index (χ1v) is 7.44. The van der Waals surface area contributed by atoms with Gasteiger partial charge in [-0.3, -0.25) is 4.79 Å².